The third-order valence-electron chi connectivity index (χ3n) is 4.89. The molecule has 132 valence electrons. The molecule has 1 unspecified atom stereocenters. The zero-order valence-electron chi connectivity index (χ0n) is 14.2. The molecule has 25 heavy (non-hydrogen) atoms. The summed E-state index contributed by atoms with van der Waals surface area (Å²) < 4.78 is 5.76. The zero-order valence-corrected chi connectivity index (χ0v) is 15.1. The molecule has 1 N–H and O–H groups in total. The van der Waals surface area contributed by atoms with Crippen LogP contribution in [-0.2, 0) is 17.8 Å². The number of rotatable bonds is 4. The van der Waals surface area contributed by atoms with Crippen molar-refractivity contribution in [2.75, 3.05) is 24.6 Å². The summed E-state index contributed by atoms with van der Waals surface area (Å²) in [5.41, 5.74) is 2.07. The monoisotopic (exact) mass is 357 g/mol. The van der Waals surface area contributed by atoms with Crippen molar-refractivity contribution in [2.24, 2.45) is 5.92 Å². The average Bonchev–Trinajstić information content (AvgIpc) is 3.27. The molecule has 4 rings (SSSR count). The predicted octanol–water partition coefficient (Wildman–Crippen LogP) is 3.00. The number of nitrogens with one attached hydrogen (secondary N) is 1. The number of para-hydroxylation sites is 1. The van der Waals surface area contributed by atoms with Gasteiger partial charge in [-0.05, 0) is 37.3 Å². The van der Waals surface area contributed by atoms with E-state index in [4.69, 9.17) is 4.74 Å². The highest BCUT2D eigenvalue weighted by Gasteiger charge is 2.24. The maximum atomic E-state index is 12.6. The summed E-state index contributed by atoms with van der Waals surface area (Å²) in [7, 11) is 0. The second kappa shape index (κ2) is 7.44. The number of anilines is 1. The summed E-state index contributed by atoms with van der Waals surface area (Å²) >= 11 is 1.67. The molecule has 1 atom stereocenters. The van der Waals surface area contributed by atoms with Crippen molar-refractivity contribution in [1.29, 1.82) is 0 Å². The molecule has 1 amide bonds. The number of hydrogen-bond acceptors (Lipinski definition) is 5. The number of hydrogen-bond donors (Lipinski definition) is 1. The lowest BCUT2D eigenvalue weighted by atomic mass is 9.96. The molecule has 3 heterocycles. The van der Waals surface area contributed by atoms with Gasteiger partial charge in [0.05, 0.1) is 18.8 Å². The number of nitrogens with zero attached hydrogens (tertiary/aromatic N) is 2. The van der Waals surface area contributed by atoms with Gasteiger partial charge in [0.1, 0.15) is 5.75 Å². The fraction of sp³-hybridized carbons (Fsp3) is 0.474. The van der Waals surface area contributed by atoms with Crippen LogP contribution in [0.4, 0.5) is 5.13 Å². The van der Waals surface area contributed by atoms with E-state index in [1.165, 1.54) is 12.8 Å². The van der Waals surface area contributed by atoms with Gasteiger partial charge in [-0.15, -0.1) is 11.3 Å². The smallest absolute Gasteiger partial charge is 0.223 e. The zero-order chi connectivity index (χ0) is 17.1. The van der Waals surface area contributed by atoms with Crippen LogP contribution in [-0.4, -0.2) is 30.6 Å². The number of benzene rings is 1. The Kier molecular flexibility index (Phi) is 4.88. The molecule has 0 bridgehead atoms. The Morgan fingerprint density at radius 2 is 2.16 bits per heavy atom. The third kappa shape index (κ3) is 3.79. The lowest BCUT2D eigenvalue weighted by molar-refractivity contribution is -0.125. The van der Waals surface area contributed by atoms with Crippen LogP contribution in [0.2, 0.25) is 0 Å². The number of carbonyl (C=O) groups excluding carboxylic acids is 1. The quantitative estimate of drug-likeness (QED) is 0.914. The summed E-state index contributed by atoms with van der Waals surface area (Å²) in [5.74, 6) is 0.962. The highest BCUT2D eigenvalue weighted by atomic mass is 32.1. The first-order valence-electron chi connectivity index (χ1n) is 8.97. The Morgan fingerprint density at radius 3 is 3.04 bits per heavy atom. The van der Waals surface area contributed by atoms with E-state index in [9.17, 15) is 4.79 Å². The molecule has 5 nitrogen and oxygen atoms in total. The molecule has 1 aromatic carbocycles. The maximum absolute atomic E-state index is 12.6. The standard InChI is InChI=1S/C19H23N3O2S/c23-18(15-7-10-24-17-6-2-1-5-14(17)11-15)20-12-16-13-25-19(21-16)22-8-3-4-9-22/h1-2,5-6,13,15H,3-4,7-12H2,(H,20,23). The molecule has 1 fully saturated rings. The summed E-state index contributed by atoms with van der Waals surface area (Å²) in [6.45, 7) is 3.29. The summed E-state index contributed by atoms with van der Waals surface area (Å²) in [6.07, 6.45) is 3.97. The number of ether oxygens (including phenoxy) is 1. The van der Waals surface area contributed by atoms with Crippen LogP contribution in [0.1, 0.15) is 30.5 Å². The lowest BCUT2D eigenvalue weighted by Crippen LogP contribution is -2.32. The molecule has 0 spiro atoms. The fourth-order valence-corrected chi connectivity index (χ4v) is 4.35. The maximum Gasteiger partial charge on any atom is 0.223 e. The van der Waals surface area contributed by atoms with E-state index in [1.807, 2.05) is 24.3 Å². The Morgan fingerprint density at radius 1 is 1.32 bits per heavy atom. The second-order valence-electron chi connectivity index (χ2n) is 6.68. The van der Waals surface area contributed by atoms with E-state index < -0.39 is 0 Å². The summed E-state index contributed by atoms with van der Waals surface area (Å²) in [5, 5.41) is 6.20. The second-order valence-corrected chi connectivity index (χ2v) is 7.52. The molecule has 2 aliphatic rings. The van der Waals surface area contributed by atoms with Gasteiger partial charge in [-0.3, -0.25) is 4.79 Å². The molecular weight excluding hydrogens is 334 g/mol. The van der Waals surface area contributed by atoms with Crippen molar-refractivity contribution < 1.29 is 9.53 Å². The van der Waals surface area contributed by atoms with E-state index >= 15 is 0 Å². The van der Waals surface area contributed by atoms with Gasteiger partial charge in [-0.1, -0.05) is 18.2 Å². The topological polar surface area (TPSA) is 54.5 Å². The minimum Gasteiger partial charge on any atom is -0.493 e. The largest absolute Gasteiger partial charge is 0.493 e. The van der Waals surface area contributed by atoms with Crippen LogP contribution in [0.25, 0.3) is 0 Å². The van der Waals surface area contributed by atoms with E-state index in [0.717, 1.165) is 48.1 Å². The molecule has 2 aromatic rings. The molecule has 0 saturated carbocycles. The van der Waals surface area contributed by atoms with E-state index in [0.29, 0.717) is 13.2 Å². The number of carbonyl (C=O) groups is 1. The Balaban J connectivity index is 1.34. The number of fused-ring (bicyclic) bond motifs is 1. The Labute approximate surface area is 152 Å². The minimum atomic E-state index is -0.0414. The van der Waals surface area contributed by atoms with Crippen LogP contribution >= 0.6 is 11.3 Å². The Bertz CT molecular complexity index is 740. The summed E-state index contributed by atoms with van der Waals surface area (Å²) in [4.78, 5) is 19.6. The van der Waals surface area contributed by atoms with Gasteiger partial charge in [0.15, 0.2) is 5.13 Å². The van der Waals surface area contributed by atoms with E-state index in [-0.39, 0.29) is 11.8 Å². The first-order valence-corrected chi connectivity index (χ1v) is 9.85. The van der Waals surface area contributed by atoms with Gasteiger partial charge in [-0.2, -0.15) is 0 Å². The van der Waals surface area contributed by atoms with Crippen molar-refractivity contribution >= 4 is 22.4 Å². The molecule has 2 aliphatic heterocycles. The van der Waals surface area contributed by atoms with Crippen molar-refractivity contribution in [3.63, 3.8) is 0 Å². The number of thiazole rings is 1. The normalized spacial score (nSPS) is 19.8. The van der Waals surface area contributed by atoms with Gasteiger partial charge in [0, 0.05) is 24.4 Å². The molecule has 0 radical (unpaired) electrons. The first-order chi connectivity index (χ1) is 12.3. The van der Waals surface area contributed by atoms with Crippen LogP contribution in [0, 0.1) is 5.92 Å². The summed E-state index contributed by atoms with van der Waals surface area (Å²) in [6, 6.07) is 7.99. The van der Waals surface area contributed by atoms with Crippen molar-refractivity contribution in [3.05, 3.63) is 40.9 Å². The van der Waals surface area contributed by atoms with Crippen LogP contribution in [0.3, 0.4) is 0 Å². The molecule has 6 heteroatoms. The van der Waals surface area contributed by atoms with Crippen molar-refractivity contribution in [2.45, 2.75) is 32.2 Å². The minimum absolute atomic E-state index is 0.0414. The SMILES string of the molecule is O=C(NCc1csc(N2CCCC2)n1)C1CCOc2ccccc2C1. The third-order valence-corrected chi connectivity index (χ3v) is 5.84. The van der Waals surface area contributed by atoms with Gasteiger partial charge >= 0.3 is 0 Å². The number of amides is 1. The van der Waals surface area contributed by atoms with Crippen molar-refractivity contribution in [1.82, 2.24) is 10.3 Å². The van der Waals surface area contributed by atoms with Crippen LogP contribution in [0.5, 0.6) is 5.75 Å². The average molecular weight is 357 g/mol. The first kappa shape index (κ1) is 16.4. The Hall–Kier alpha value is -2.08. The predicted molar refractivity (Wildman–Crippen MR) is 99.2 cm³/mol. The fourth-order valence-electron chi connectivity index (χ4n) is 3.47. The number of aromatic nitrogens is 1. The van der Waals surface area contributed by atoms with E-state index in [1.54, 1.807) is 11.3 Å². The van der Waals surface area contributed by atoms with Gasteiger partial charge in [-0.25, -0.2) is 4.98 Å². The lowest BCUT2D eigenvalue weighted by Gasteiger charge is -2.14. The van der Waals surface area contributed by atoms with Gasteiger partial charge in [0.25, 0.3) is 0 Å². The highest BCUT2D eigenvalue weighted by Crippen LogP contribution is 2.27. The molecule has 1 aromatic heterocycles. The highest BCUT2D eigenvalue weighted by molar-refractivity contribution is 7.13. The van der Waals surface area contributed by atoms with Gasteiger partial charge in [0.2, 0.25) is 5.91 Å². The molecule has 1 saturated heterocycles. The van der Waals surface area contributed by atoms with Crippen LogP contribution < -0.4 is 15.0 Å². The van der Waals surface area contributed by atoms with E-state index in [2.05, 4.69) is 20.6 Å². The molecule has 0 aliphatic carbocycles. The van der Waals surface area contributed by atoms with Gasteiger partial charge < -0.3 is 15.0 Å². The van der Waals surface area contributed by atoms with Crippen LogP contribution in [0.15, 0.2) is 29.6 Å². The molecular formula is C19H23N3O2S. The van der Waals surface area contributed by atoms with Crippen molar-refractivity contribution in [3.8, 4) is 5.75 Å².